The molecule has 0 spiro atoms. The van der Waals surface area contributed by atoms with E-state index in [4.69, 9.17) is 0 Å². The summed E-state index contributed by atoms with van der Waals surface area (Å²) in [6.45, 7) is 3.97. The Hall–Kier alpha value is -1.84. The molecule has 1 heterocycles. The lowest BCUT2D eigenvalue weighted by molar-refractivity contribution is -0.124. The molecule has 1 aromatic rings. The summed E-state index contributed by atoms with van der Waals surface area (Å²) in [6, 6.07) is 7.38. The summed E-state index contributed by atoms with van der Waals surface area (Å²) < 4.78 is 0. The third-order valence-electron chi connectivity index (χ3n) is 3.33. The van der Waals surface area contributed by atoms with Gasteiger partial charge in [0, 0.05) is 0 Å². The average molecular weight is 232 g/mol. The maximum absolute atomic E-state index is 11.9. The first-order valence-electron chi connectivity index (χ1n) is 5.85. The van der Waals surface area contributed by atoms with Crippen molar-refractivity contribution in [1.82, 2.24) is 10.6 Å². The molecular formula is C13H16N2O2. The van der Waals surface area contributed by atoms with E-state index in [0.717, 1.165) is 12.0 Å². The number of carbonyl (C=O) groups excluding carboxylic acids is 2. The van der Waals surface area contributed by atoms with Gasteiger partial charge in [0.15, 0.2) is 0 Å². The van der Waals surface area contributed by atoms with Crippen molar-refractivity contribution >= 4 is 11.9 Å². The molecule has 1 atom stereocenters. The van der Waals surface area contributed by atoms with E-state index in [1.54, 1.807) is 0 Å². The Morgan fingerprint density at radius 3 is 2.18 bits per heavy atom. The third-order valence-corrected chi connectivity index (χ3v) is 3.33. The molecule has 0 saturated carbocycles. The second kappa shape index (κ2) is 4.20. The number of hydrogen-bond acceptors (Lipinski definition) is 2. The van der Waals surface area contributed by atoms with E-state index in [1.165, 1.54) is 5.56 Å². The van der Waals surface area contributed by atoms with Crippen molar-refractivity contribution in [3.63, 3.8) is 0 Å². The van der Waals surface area contributed by atoms with Gasteiger partial charge >= 0.3 is 6.03 Å². The summed E-state index contributed by atoms with van der Waals surface area (Å²) >= 11 is 0. The smallest absolute Gasteiger partial charge is 0.319 e. The van der Waals surface area contributed by atoms with Gasteiger partial charge in [-0.2, -0.15) is 0 Å². The second-order valence-electron chi connectivity index (χ2n) is 4.22. The Bertz CT molecular complexity index is 453. The minimum atomic E-state index is -0.899. The van der Waals surface area contributed by atoms with Crippen LogP contribution in [0.2, 0.25) is 0 Å². The maximum atomic E-state index is 11.9. The van der Waals surface area contributed by atoms with Gasteiger partial charge in [-0.1, -0.05) is 38.1 Å². The molecule has 2 rings (SSSR count). The summed E-state index contributed by atoms with van der Waals surface area (Å²) in [5.74, 6) is -0.269. The number of imide groups is 1. The molecule has 0 aromatic heterocycles. The SMILES string of the molecule is CCc1ccc(C2(CC)NC(=O)NC2=O)cc1. The van der Waals surface area contributed by atoms with E-state index in [0.29, 0.717) is 6.42 Å². The summed E-state index contributed by atoms with van der Waals surface area (Å²) in [5, 5.41) is 5.02. The fourth-order valence-electron chi connectivity index (χ4n) is 2.17. The lowest BCUT2D eigenvalue weighted by atomic mass is 9.87. The summed E-state index contributed by atoms with van der Waals surface area (Å²) in [4.78, 5) is 23.2. The van der Waals surface area contributed by atoms with Crippen molar-refractivity contribution in [2.45, 2.75) is 32.2 Å². The number of benzene rings is 1. The van der Waals surface area contributed by atoms with Gasteiger partial charge in [-0.15, -0.1) is 0 Å². The molecule has 0 aliphatic carbocycles. The number of rotatable bonds is 3. The van der Waals surface area contributed by atoms with Gasteiger partial charge in [-0.3, -0.25) is 10.1 Å². The number of aryl methyl sites for hydroxylation is 1. The van der Waals surface area contributed by atoms with E-state index < -0.39 is 11.6 Å². The molecule has 1 fully saturated rings. The predicted molar refractivity (Wildman–Crippen MR) is 64.5 cm³/mol. The minimum absolute atomic E-state index is 0.269. The number of hydrogen-bond donors (Lipinski definition) is 2. The van der Waals surface area contributed by atoms with Crippen LogP contribution in [-0.2, 0) is 16.8 Å². The van der Waals surface area contributed by atoms with Crippen LogP contribution in [0.3, 0.4) is 0 Å². The van der Waals surface area contributed by atoms with Crippen LogP contribution in [-0.4, -0.2) is 11.9 Å². The molecule has 1 unspecified atom stereocenters. The molecule has 1 aromatic carbocycles. The zero-order valence-electron chi connectivity index (χ0n) is 10.0. The molecule has 2 N–H and O–H groups in total. The van der Waals surface area contributed by atoms with Gasteiger partial charge in [0.25, 0.3) is 5.91 Å². The van der Waals surface area contributed by atoms with Crippen LogP contribution in [0.4, 0.5) is 4.79 Å². The lowest BCUT2D eigenvalue weighted by Gasteiger charge is -2.25. The van der Waals surface area contributed by atoms with E-state index in [-0.39, 0.29) is 5.91 Å². The minimum Gasteiger partial charge on any atom is -0.319 e. The van der Waals surface area contributed by atoms with Crippen molar-refractivity contribution in [2.75, 3.05) is 0 Å². The summed E-state index contributed by atoms with van der Waals surface area (Å²) in [5.41, 5.74) is 1.15. The highest BCUT2D eigenvalue weighted by Gasteiger charge is 2.45. The third kappa shape index (κ3) is 1.79. The largest absolute Gasteiger partial charge is 0.322 e. The van der Waals surface area contributed by atoms with Crippen molar-refractivity contribution in [1.29, 1.82) is 0 Å². The monoisotopic (exact) mass is 232 g/mol. The van der Waals surface area contributed by atoms with Gasteiger partial charge in [-0.05, 0) is 24.0 Å². The van der Waals surface area contributed by atoms with E-state index in [2.05, 4.69) is 17.6 Å². The molecule has 4 heteroatoms. The van der Waals surface area contributed by atoms with Crippen molar-refractivity contribution < 1.29 is 9.59 Å². The first kappa shape index (κ1) is 11.6. The Kier molecular flexibility index (Phi) is 2.88. The highest BCUT2D eigenvalue weighted by Crippen LogP contribution is 2.28. The number of carbonyl (C=O) groups is 2. The van der Waals surface area contributed by atoms with Gasteiger partial charge in [0.2, 0.25) is 0 Å². The van der Waals surface area contributed by atoms with Gasteiger partial charge in [-0.25, -0.2) is 4.79 Å². The predicted octanol–water partition coefficient (Wildman–Crippen LogP) is 1.69. The molecule has 90 valence electrons. The van der Waals surface area contributed by atoms with Gasteiger partial charge in [0.1, 0.15) is 5.54 Å². The average Bonchev–Trinajstić information content (AvgIpc) is 2.65. The quantitative estimate of drug-likeness (QED) is 0.779. The molecule has 4 nitrogen and oxygen atoms in total. The first-order valence-corrected chi connectivity index (χ1v) is 5.85. The lowest BCUT2D eigenvalue weighted by Crippen LogP contribution is -2.43. The Labute approximate surface area is 100 Å². The van der Waals surface area contributed by atoms with Gasteiger partial charge < -0.3 is 5.32 Å². The van der Waals surface area contributed by atoms with Crippen molar-refractivity contribution in [3.05, 3.63) is 35.4 Å². The topological polar surface area (TPSA) is 58.2 Å². The van der Waals surface area contributed by atoms with Crippen molar-refractivity contribution in [2.24, 2.45) is 0 Å². The van der Waals surface area contributed by atoms with Crippen LogP contribution in [0.25, 0.3) is 0 Å². The van der Waals surface area contributed by atoms with E-state index in [1.807, 2.05) is 31.2 Å². The van der Waals surface area contributed by atoms with Crippen LogP contribution in [0.5, 0.6) is 0 Å². The number of nitrogens with one attached hydrogen (secondary N) is 2. The van der Waals surface area contributed by atoms with Crippen LogP contribution < -0.4 is 10.6 Å². The van der Waals surface area contributed by atoms with E-state index in [9.17, 15) is 9.59 Å². The summed E-state index contributed by atoms with van der Waals surface area (Å²) in [7, 11) is 0. The zero-order valence-corrected chi connectivity index (χ0v) is 10.0. The molecule has 0 bridgehead atoms. The fraction of sp³-hybridized carbons (Fsp3) is 0.385. The molecule has 0 radical (unpaired) electrons. The maximum Gasteiger partial charge on any atom is 0.322 e. The molecule has 1 aliphatic heterocycles. The van der Waals surface area contributed by atoms with E-state index >= 15 is 0 Å². The van der Waals surface area contributed by atoms with Gasteiger partial charge in [0.05, 0.1) is 0 Å². The summed E-state index contributed by atoms with van der Waals surface area (Å²) in [6.07, 6.45) is 1.49. The Morgan fingerprint density at radius 2 is 1.76 bits per heavy atom. The molecule has 3 amide bonds. The molecule has 17 heavy (non-hydrogen) atoms. The second-order valence-corrected chi connectivity index (χ2v) is 4.22. The Morgan fingerprint density at radius 1 is 1.12 bits per heavy atom. The zero-order chi connectivity index (χ0) is 12.5. The van der Waals surface area contributed by atoms with Crippen molar-refractivity contribution in [3.8, 4) is 0 Å². The first-order chi connectivity index (χ1) is 8.12. The number of amides is 3. The number of urea groups is 1. The molecule has 1 aliphatic rings. The van der Waals surface area contributed by atoms with Crippen LogP contribution in [0, 0.1) is 0 Å². The van der Waals surface area contributed by atoms with Crippen LogP contribution in [0.15, 0.2) is 24.3 Å². The molecular weight excluding hydrogens is 216 g/mol. The fourth-order valence-corrected chi connectivity index (χ4v) is 2.17. The Balaban J connectivity index is 2.41. The van der Waals surface area contributed by atoms with Crippen LogP contribution >= 0.6 is 0 Å². The normalized spacial score (nSPS) is 23.4. The van der Waals surface area contributed by atoms with Crippen LogP contribution in [0.1, 0.15) is 31.4 Å². The standard InChI is InChI=1S/C13H16N2O2/c1-3-9-5-7-10(8-6-9)13(4-2)11(16)14-12(17)15-13/h5-8H,3-4H2,1-2H3,(H2,14,15,16,17). The molecule has 1 saturated heterocycles. The highest BCUT2D eigenvalue weighted by atomic mass is 16.2. The highest BCUT2D eigenvalue weighted by molar-refractivity contribution is 6.07.